The largest absolute Gasteiger partial charge is 0.481 e. The highest BCUT2D eigenvalue weighted by Crippen LogP contribution is 2.26. The summed E-state index contributed by atoms with van der Waals surface area (Å²) in [6.45, 7) is 8.00. The molecule has 7 heteroatoms. The highest BCUT2D eigenvalue weighted by atomic mass is 32.1. The molecule has 1 aromatic carbocycles. The standard InChI is InChI=1S/C18H22N2O4S/c1-11(24-13-8-6-7-12(9-13)18(2,3)4)15(21)20-17-19-10-14(25-17)16(22)23-5/h6-11H,1-5H3,(H,19,20,21)/t11-/m0/s1. The maximum absolute atomic E-state index is 12.3. The van der Waals surface area contributed by atoms with Crippen molar-refractivity contribution >= 4 is 28.3 Å². The van der Waals surface area contributed by atoms with Crippen LogP contribution in [0.4, 0.5) is 5.13 Å². The van der Waals surface area contributed by atoms with Crippen LogP contribution in [0, 0.1) is 0 Å². The summed E-state index contributed by atoms with van der Waals surface area (Å²) < 4.78 is 10.3. The molecule has 1 atom stereocenters. The van der Waals surface area contributed by atoms with E-state index in [1.54, 1.807) is 6.92 Å². The molecule has 25 heavy (non-hydrogen) atoms. The fourth-order valence-electron chi connectivity index (χ4n) is 2.03. The molecule has 2 rings (SSSR count). The third-order valence-corrected chi connectivity index (χ3v) is 4.40. The van der Waals surface area contributed by atoms with Crippen molar-refractivity contribution in [1.82, 2.24) is 4.98 Å². The van der Waals surface area contributed by atoms with Crippen LogP contribution in [0.15, 0.2) is 30.5 Å². The van der Waals surface area contributed by atoms with Gasteiger partial charge >= 0.3 is 5.97 Å². The van der Waals surface area contributed by atoms with E-state index >= 15 is 0 Å². The van der Waals surface area contributed by atoms with Gasteiger partial charge in [0, 0.05) is 0 Å². The number of methoxy groups -OCH3 is 1. The first kappa shape index (κ1) is 18.9. The lowest BCUT2D eigenvalue weighted by atomic mass is 9.87. The summed E-state index contributed by atoms with van der Waals surface area (Å²) in [6.07, 6.45) is 0.658. The summed E-state index contributed by atoms with van der Waals surface area (Å²) in [5, 5.41) is 2.97. The van der Waals surface area contributed by atoms with Crippen LogP contribution in [-0.4, -0.2) is 30.1 Å². The number of benzene rings is 1. The summed E-state index contributed by atoms with van der Waals surface area (Å²) in [4.78, 5) is 28.0. The Labute approximate surface area is 151 Å². The molecule has 0 bridgehead atoms. The smallest absolute Gasteiger partial charge is 0.349 e. The molecule has 1 N–H and O–H groups in total. The molecular formula is C18H22N2O4S. The zero-order valence-electron chi connectivity index (χ0n) is 15.0. The van der Waals surface area contributed by atoms with Crippen molar-refractivity contribution in [1.29, 1.82) is 0 Å². The third-order valence-electron chi connectivity index (χ3n) is 3.50. The van der Waals surface area contributed by atoms with E-state index in [0.29, 0.717) is 15.8 Å². The minimum absolute atomic E-state index is 0.00393. The number of carbonyl (C=O) groups excluding carboxylic acids is 2. The number of hydrogen-bond donors (Lipinski definition) is 1. The molecule has 6 nitrogen and oxygen atoms in total. The van der Waals surface area contributed by atoms with Gasteiger partial charge < -0.3 is 9.47 Å². The number of thiazole rings is 1. The number of carbonyl (C=O) groups is 2. The maximum Gasteiger partial charge on any atom is 0.349 e. The van der Waals surface area contributed by atoms with E-state index in [4.69, 9.17) is 4.74 Å². The molecule has 0 fully saturated rings. The molecule has 1 amide bonds. The number of aromatic nitrogens is 1. The Hall–Kier alpha value is -2.41. The summed E-state index contributed by atoms with van der Waals surface area (Å²) in [5.41, 5.74) is 1.12. The molecule has 1 heterocycles. The van der Waals surface area contributed by atoms with Crippen LogP contribution in [0.25, 0.3) is 0 Å². The minimum atomic E-state index is -0.708. The van der Waals surface area contributed by atoms with E-state index in [9.17, 15) is 9.59 Å². The van der Waals surface area contributed by atoms with Gasteiger partial charge in [0.2, 0.25) is 0 Å². The number of anilines is 1. The molecule has 0 aliphatic heterocycles. The Kier molecular flexibility index (Phi) is 5.79. The van der Waals surface area contributed by atoms with Crippen molar-refractivity contribution in [3.63, 3.8) is 0 Å². The van der Waals surface area contributed by atoms with E-state index in [1.165, 1.54) is 13.3 Å². The SMILES string of the molecule is COC(=O)c1cnc(NC(=O)[C@H](C)Oc2cccc(C(C)(C)C)c2)s1. The lowest BCUT2D eigenvalue weighted by molar-refractivity contribution is -0.122. The zero-order valence-corrected chi connectivity index (χ0v) is 15.8. The van der Waals surface area contributed by atoms with Crippen molar-refractivity contribution in [2.24, 2.45) is 0 Å². The highest BCUT2D eigenvalue weighted by molar-refractivity contribution is 7.17. The van der Waals surface area contributed by atoms with Crippen molar-refractivity contribution in [3.8, 4) is 5.75 Å². The number of hydrogen-bond acceptors (Lipinski definition) is 6. The minimum Gasteiger partial charge on any atom is -0.481 e. The van der Waals surface area contributed by atoms with E-state index < -0.39 is 12.1 Å². The number of nitrogens with one attached hydrogen (secondary N) is 1. The predicted octanol–water partition coefficient (Wildman–Crippen LogP) is 3.63. The Morgan fingerprint density at radius 1 is 1.28 bits per heavy atom. The Bertz CT molecular complexity index is 764. The topological polar surface area (TPSA) is 77.5 Å². The van der Waals surface area contributed by atoms with E-state index in [-0.39, 0.29) is 11.3 Å². The average molecular weight is 362 g/mol. The second kappa shape index (κ2) is 7.65. The van der Waals surface area contributed by atoms with Gasteiger partial charge in [0.1, 0.15) is 10.6 Å². The van der Waals surface area contributed by atoms with E-state index in [0.717, 1.165) is 16.9 Å². The molecule has 0 radical (unpaired) electrons. The normalized spacial score (nSPS) is 12.4. The zero-order chi connectivity index (χ0) is 18.6. The van der Waals surface area contributed by atoms with Crippen molar-refractivity contribution < 1.29 is 19.1 Å². The maximum atomic E-state index is 12.3. The van der Waals surface area contributed by atoms with Crippen LogP contribution in [0.1, 0.15) is 42.9 Å². The van der Waals surface area contributed by atoms with Crippen LogP contribution in [-0.2, 0) is 14.9 Å². The van der Waals surface area contributed by atoms with Gasteiger partial charge in [-0.15, -0.1) is 0 Å². The quantitative estimate of drug-likeness (QED) is 0.822. The second-order valence-corrected chi connectivity index (χ2v) is 7.58. The second-order valence-electron chi connectivity index (χ2n) is 6.55. The van der Waals surface area contributed by atoms with Crippen LogP contribution < -0.4 is 10.1 Å². The molecule has 0 saturated carbocycles. The molecule has 2 aromatic rings. The van der Waals surface area contributed by atoms with Crippen molar-refractivity contribution in [2.75, 3.05) is 12.4 Å². The number of rotatable bonds is 5. The van der Waals surface area contributed by atoms with Gasteiger partial charge in [0.05, 0.1) is 13.3 Å². The average Bonchev–Trinajstić information content (AvgIpc) is 3.02. The van der Waals surface area contributed by atoms with Crippen LogP contribution in [0.3, 0.4) is 0 Å². The first-order chi connectivity index (χ1) is 11.7. The van der Waals surface area contributed by atoms with Crippen molar-refractivity contribution in [2.45, 2.75) is 39.2 Å². The Morgan fingerprint density at radius 3 is 2.64 bits per heavy atom. The first-order valence-electron chi connectivity index (χ1n) is 7.83. The van der Waals surface area contributed by atoms with Crippen LogP contribution >= 0.6 is 11.3 Å². The molecular weight excluding hydrogens is 340 g/mol. The van der Waals surface area contributed by atoms with Gasteiger partial charge in [0.15, 0.2) is 11.2 Å². The molecule has 0 aliphatic rings. The summed E-state index contributed by atoms with van der Waals surface area (Å²) >= 11 is 1.05. The van der Waals surface area contributed by atoms with Gasteiger partial charge in [-0.25, -0.2) is 9.78 Å². The van der Waals surface area contributed by atoms with Gasteiger partial charge in [-0.1, -0.05) is 44.2 Å². The fraction of sp³-hybridized carbons (Fsp3) is 0.389. The van der Waals surface area contributed by atoms with Crippen molar-refractivity contribution in [3.05, 3.63) is 40.9 Å². The Balaban J connectivity index is 2.01. The fourth-order valence-corrected chi connectivity index (χ4v) is 2.76. The summed E-state index contributed by atoms with van der Waals surface area (Å²) in [5.74, 6) is -0.197. The van der Waals surface area contributed by atoms with E-state index in [2.05, 4.69) is 35.8 Å². The first-order valence-corrected chi connectivity index (χ1v) is 8.64. The highest BCUT2D eigenvalue weighted by Gasteiger charge is 2.19. The predicted molar refractivity (Wildman–Crippen MR) is 97.3 cm³/mol. The molecule has 0 unspecified atom stereocenters. The van der Waals surface area contributed by atoms with Gasteiger partial charge in [-0.2, -0.15) is 0 Å². The molecule has 134 valence electrons. The number of amides is 1. The van der Waals surface area contributed by atoms with Gasteiger partial charge in [-0.3, -0.25) is 10.1 Å². The summed E-state index contributed by atoms with van der Waals surface area (Å²) in [6, 6.07) is 7.69. The lowest BCUT2D eigenvalue weighted by Gasteiger charge is -2.21. The number of esters is 1. The lowest BCUT2D eigenvalue weighted by Crippen LogP contribution is -2.30. The van der Waals surface area contributed by atoms with E-state index in [1.807, 2.05) is 24.3 Å². The third kappa shape index (κ3) is 5.03. The van der Waals surface area contributed by atoms with Gasteiger partial charge in [-0.05, 0) is 30.0 Å². The van der Waals surface area contributed by atoms with Crippen LogP contribution in [0.2, 0.25) is 0 Å². The number of ether oxygens (including phenoxy) is 2. The van der Waals surface area contributed by atoms with Crippen LogP contribution in [0.5, 0.6) is 5.75 Å². The molecule has 0 aliphatic carbocycles. The molecule has 1 aromatic heterocycles. The summed E-state index contributed by atoms with van der Waals surface area (Å²) in [7, 11) is 1.29. The molecule has 0 saturated heterocycles. The molecule has 0 spiro atoms. The van der Waals surface area contributed by atoms with Gasteiger partial charge in [0.25, 0.3) is 5.91 Å². The number of nitrogens with zero attached hydrogens (tertiary/aromatic N) is 1. The monoisotopic (exact) mass is 362 g/mol. The Morgan fingerprint density at radius 2 is 2.00 bits per heavy atom.